The molecule has 1 atom stereocenters. The van der Waals surface area contributed by atoms with Crippen molar-refractivity contribution >= 4 is 58.2 Å². The van der Waals surface area contributed by atoms with Crippen LogP contribution < -0.4 is 20.1 Å². The smallest absolute Gasteiger partial charge is 0.255 e. The van der Waals surface area contributed by atoms with Gasteiger partial charge in [0.15, 0.2) is 0 Å². The predicted octanol–water partition coefficient (Wildman–Crippen LogP) is 7.74. The van der Waals surface area contributed by atoms with Gasteiger partial charge in [-0.25, -0.2) is 0 Å². The second kappa shape index (κ2) is 12.7. The van der Waals surface area contributed by atoms with E-state index in [1.165, 1.54) is 26.0 Å². The van der Waals surface area contributed by atoms with E-state index in [0.717, 1.165) is 10.5 Å². The SMILES string of the molecule is COc1cc(OC)c(NC(=O)C(Sc2ccc(NC(=O)c3cccc(Cl)c3)cc2)c2ccccc2)cc1Cl. The van der Waals surface area contributed by atoms with E-state index in [-0.39, 0.29) is 11.8 Å². The predicted molar refractivity (Wildman–Crippen MR) is 154 cm³/mol. The van der Waals surface area contributed by atoms with Crippen molar-refractivity contribution in [2.75, 3.05) is 24.9 Å². The van der Waals surface area contributed by atoms with Gasteiger partial charge in [-0.05, 0) is 54.1 Å². The van der Waals surface area contributed by atoms with E-state index in [4.69, 9.17) is 32.7 Å². The molecule has 6 nitrogen and oxygen atoms in total. The monoisotopic (exact) mass is 566 g/mol. The van der Waals surface area contributed by atoms with Crippen LogP contribution in [0.5, 0.6) is 11.5 Å². The number of methoxy groups -OCH3 is 2. The van der Waals surface area contributed by atoms with Gasteiger partial charge in [0.25, 0.3) is 5.91 Å². The van der Waals surface area contributed by atoms with Crippen molar-refractivity contribution in [1.29, 1.82) is 0 Å². The average molecular weight is 567 g/mol. The Balaban J connectivity index is 1.53. The number of rotatable bonds is 9. The molecule has 0 aromatic heterocycles. The minimum Gasteiger partial charge on any atom is -0.495 e. The molecule has 0 radical (unpaired) electrons. The molecule has 4 aromatic rings. The minimum absolute atomic E-state index is 0.251. The number of ether oxygens (including phenoxy) is 2. The quantitative estimate of drug-likeness (QED) is 0.203. The molecule has 0 saturated carbocycles. The van der Waals surface area contributed by atoms with Crippen LogP contribution in [0.15, 0.2) is 95.9 Å². The lowest BCUT2D eigenvalue weighted by Crippen LogP contribution is -2.19. The molecule has 194 valence electrons. The van der Waals surface area contributed by atoms with Crippen LogP contribution in [0.2, 0.25) is 10.0 Å². The van der Waals surface area contributed by atoms with Crippen LogP contribution in [-0.4, -0.2) is 26.0 Å². The van der Waals surface area contributed by atoms with Gasteiger partial charge in [0.2, 0.25) is 5.91 Å². The molecule has 0 saturated heterocycles. The number of amides is 2. The topological polar surface area (TPSA) is 76.7 Å². The molecule has 0 bridgehead atoms. The molecule has 0 heterocycles. The van der Waals surface area contributed by atoms with Crippen molar-refractivity contribution < 1.29 is 19.1 Å². The first kappa shape index (κ1) is 27.4. The Morgan fingerprint density at radius 2 is 1.50 bits per heavy atom. The van der Waals surface area contributed by atoms with Gasteiger partial charge in [0, 0.05) is 27.2 Å². The number of nitrogens with one attached hydrogen (secondary N) is 2. The first-order valence-electron chi connectivity index (χ1n) is 11.5. The zero-order valence-corrected chi connectivity index (χ0v) is 22.9. The summed E-state index contributed by atoms with van der Waals surface area (Å²) in [5.74, 6) is 0.356. The summed E-state index contributed by atoms with van der Waals surface area (Å²) in [5, 5.41) is 6.06. The minimum atomic E-state index is -0.575. The number of carbonyl (C=O) groups excluding carboxylic acids is 2. The number of carbonyl (C=O) groups is 2. The van der Waals surface area contributed by atoms with Gasteiger partial charge >= 0.3 is 0 Å². The van der Waals surface area contributed by atoms with Crippen molar-refractivity contribution in [2.45, 2.75) is 10.1 Å². The molecule has 0 spiro atoms. The Labute approximate surface area is 235 Å². The fraction of sp³-hybridized carbons (Fsp3) is 0.103. The number of hydrogen-bond acceptors (Lipinski definition) is 5. The Morgan fingerprint density at radius 3 is 2.16 bits per heavy atom. The third-order valence-electron chi connectivity index (χ3n) is 5.53. The van der Waals surface area contributed by atoms with Crippen molar-refractivity contribution in [3.8, 4) is 11.5 Å². The number of thioether (sulfide) groups is 1. The number of hydrogen-bond donors (Lipinski definition) is 2. The highest BCUT2D eigenvalue weighted by atomic mass is 35.5. The van der Waals surface area contributed by atoms with Crippen LogP contribution in [0.3, 0.4) is 0 Å². The molecule has 4 aromatic carbocycles. The molecular weight excluding hydrogens is 543 g/mol. The Hall–Kier alpha value is -3.65. The van der Waals surface area contributed by atoms with Crippen LogP contribution in [0.4, 0.5) is 11.4 Å². The van der Waals surface area contributed by atoms with Gasteiger partial charge < -0.3 is 20.1 Å². The highest BCUT2D eigenvalue weighted by Gasteiger charge is 2.24. The van der Waals surface area contributed by atoms with Crippen LogP contribution in [0, 0.1) is 0 Å². The summed E-state index contributed by atoms with van der Waals surface area (Å²) in [5.41, 5.74) is 2.35. The lowest BCUT2D eigenvalue weighted by Gasteiger charge is -2.19. The summed E-state index contributed by atoms with van der Waals surface area (Å²) in [4.78, 5) is 26.9. The van der Waals surface area contributed by atoms with Crippen molar-refractivity contribution in [2.24, 2.45) is 0 Å². The molecule has 0 aliphatic carbocycles. The van der Waals surface area contributed by atoms with E-state index in [9.17, 15) is 9.59 Å². The molecule has 0 aliphatic rings. The summed E-state index contributed by atoms with van der Waals surface area (Å²) in [6, 6.07) is 26.7. The second-order valence-corrected chi connectivity index (χ2v) is 10.1. The number of anilines is 2. The van der Waals surface area contributed by atoms with E-state index in [2.05, 4.69) is 10.6 Å². The standard InChI is InChI=1S/C29H24Cl2N2O4S/c1-36-25-17-26(37-2)24(16-23(25)31)33-29(35)27(18-7-4-3-5-8-18)38-22-13-11-21(12-14-22)32-28(34)19-9-6-10-20(30)15-19/h3-17,27H,1-2H3,(H,32,34)(H,33,35). The first-order valence-corrected chi connectivity index (χ1v) is 13.1. The summed E-state index contributed by atoms with van der Waals surface area (Å²) < 4.78 is 10.7. The Kier molecular flexibility index (Phi) is 9.18. The Morgan fingerprint density at radius 1 is 0.789 bits per heavy atom. The molecule has 4 rings (SSSR count). The maximum atomic E-state index is 13.5. The van der Waals surface area contributed by atoms with Crippen molar-refractivity contribution in [1.82, 2.24) is 0 Å². The normalized spacial score (nSPS) is 11.4. The lowest BCUT2D eigenvalue weighted by molar-refractivity contribution is -0.115. The summed E-state index contributed by atoms with van der Waals surface area (Å²) in [7, 11) is 3.02. The average Bonchev–Trinajstić information content (AvgIpc) is 2.93. The molecule has 38 heavy (non-hydrogen) atoms. The first-order chi connectivity index (χ1) is 18.4. The summed E-state index contributed by atoms with van der Waals surface area (Å²) in [6.07, 6.45) is 0. The van der Waals surface area contributed by atoms with E-state index < -0.39 is 5.25 Å². The highest BCUT2D eigenvalue weighted by molar-refractivity contribution is 8.00. The molecule has 2 amide bonds. The maximum Gasteiger partial charge on any atom is 0.255 e. The number of benzene rings is 4. The fourth-order valence-corrected chi connectivity index (χ4v) is 5.10. The zero-order chi connectivity index (χ0) is 27.1. The van der Waals surface area contributed by atoms with E-state index >= 15 is 0 Å². The second-order valence-electron chi connectivity index (χ2n) is 8.07. The lowest BCUT2D eigenvalue weighted by atomic mass is 10.1. The number of halogens is 2. The highest BCUT2D eigenvalue weighted by Crippen LogP contribution is 2.40. The van der Waals surface area contributed by atoms with Crippen LogP contribution in [-0.2, 0) is 4.79 Å². The van der Waals surface area contributed by atoms with E-state index in [1.807, 2.05) is 42.5 Å². The van der Waals surface area contributed by atoms with Crippen molar-refractivity contribution in [3.05, 3.63) is 112 Å². The van der Waals surface area contributed by atoms with Gasteiger partial charge in [-0.2, -0.15) is 0 Å². The molecule has 0 fully saturated rings. The molecule has 9 heteroatoms. The van der Waals surface area contributed by atoms with E-state index in [0.29, 0.717) is 38.5 Å². The molecule has 1 unspecified atom stereocenters. The largest absolute Gasteiger partial charge is 0.495 e. The zero-order valence-electron chi connectivity index (χ0n) is 20.5. The van der Waals surface area contributed by atoms with Crippen molar-refractivity contribution in [3.63, 3.8) is 0 Å². The van der Waals surface area contributed by atoms with Gasteiger partial charge in [-0.15, -0.1) is 11.8 Å². The third kappa shape index (κ3) is 6.81. The van der Waals surface area contributed by atoms with E-state index in [1.54, 1.807) is 48.5 Å². The third-order valence-corrected chi connectivity index (χ3v) is 7.32. The fourth-order valence-electron chi connectivity index (χ4n) is 3.64. The van der Waals surface area contributed by atoms with Crippen LogP contribution in [0.25, 0.3) is 0 Å². The maximum absolute atomic E-state index is 13.5. The van der Waals surface area contributed by atoms with Gasteiger partial charge in [0.1, 0.15) is 16.7 Å². The molecule has 2 N–H and O–H groups in total. The molecule has 0 aliphatic heterocycles. The van der Waals surface area contributed by atoms with Crippen LogP contribution in [0.1, 0.15) is 21.2 Å². The molecular formula is C29H24Cl2N2O4S. The van der Waals surface area contributed by atoms with Gasteiger partial charge in [-0.3, -0.25) is 9.59 Å². The summed E-state index contributed by atoms with van der Waals surface area (Å²) in [6.45, 7) is 0. The summed E-state index contributed by atoms with van der Waals surface area (Å²) >= 11 is 13.7. The van der Waals surface area contributed by atoms with Gasteiger partial charge in [-0.1, -0.05) is 59.6 Å². The Bertz CT molecular complexity index is 1430. The van der Waals surface area contributed by atoms with Gasteiger partial charge in [0.05, 0.1) is 24.9 Å². The van der Waals surface area contributed by atoms with Crippen LogP contribution >= 0.6 is 35.0 Å².